The number of methoxy groups -OCH3 is 1. The summed E-state index contributed by atoms with van der Waals surface area (Å²) in [4.78, 5) is 16.9. The van der Waals surface area contributed by atoms with Gasteiger partial charge in [-0.05, 0) is 42.5 Å². The summed E-state index contributed by atoms with van der Waals surface area (Å²) in [7, 11) is -2.30. The molecule has 0 bridgehead atoms. The first-order valence-electron chi connectivity index (χ1n) is 10.1. The summed E-state index contributed by atoms with van der Waals surface area (Å²) >= 11 is 6.19. The van der Waals surface area contributed by atoms with Crippen LogP contribution in [0.1, 0.15) is 0 Å². The molecule has 0 spiro atoms. The van der Waals surface area contributed by atoms with E-state index in [0.717, 1.165) is 0 Å². The van der Waals surface area contributed by atoms with Crippen molar-refractivity contribution in [1.82, 2.24) is 9.29 Å². The summed E-state index contributed by atoms with van der Waals surface area (Å²) in [5.41, 5.74) is 0.758. The fourth-order valence-electron chi connectivity index (χ4n) is 3.44. The highest BCUT2D eigenvalue weighted by Crippen LogP contribution is 2.31. The Kier molecular flexibility index (Phi) is 6.99. The molecule has 2 heterocycles. The van der Waals surface area contributed by atoms with Crippen molar-refractivity contribution in [2.24, 2.45) is 0 Å². The SMILES string of the molecule is COc1ccc(S(=O)(=O)N2CCOCC2)cc1NC(=O)COc1ccc(Cl)c2cccnc12. The van der Waals surface area contributed by atoms with Gasteiger partial charge in [0.15, 0.2) is 6.61 Å². The number of fused-ring (bicyclic) bond motifs is 1. The lowest BCUT2D eigenvalue weighted by Gasteiger charge is -2.26. The summed E-state index contributed by atoms with van der Waals surface area (Å²) in [6, 6.07) is 11.2. The second-order valence-corrected chi connectivity index (χ2v) is 9.51. The first kappa shape index (κ1) is 23.2. The van der Waals surface area contributed by atoms with Crippen LogP contribution in [0.25, 0.3) is 10.9 Å². The number of sulfonamides is 1. The first-order chi connectivity index (χ1) is 15.9. The molecule has 0 radical (unpaired) electrons. The average Bonchev–Trinajstić information content (AvgIpc) is 2.84. The van der Waals surface area contributed by atoms with Gasteiger partial charge in [0.1, 0.15) is 17.0 Å². The number of nitrogens with zero attached hydrogens (tertiary/aromatic N) is 2. The van der Waals surface area contributed by atoms with Crippen molar-refractivity contribution in [1.29, 1.82) is 0 Å². The molecule has 174 valence electrons. The third kappa shape index (κ3) is 5.03. The van der Waals surface area contributed by atoms with Crippen molar-refractivity contribution >= 4 is 44.1 Å². The maximum absolute atomic E-state index is 13.0. The van der Waals surface area contributed by atoms with Crippen molar-refractivity contribution in [3.8, 4) is 11.5 Å². The van der Waals surface area contributed by atoms with Gasteiger partial charge in [0.2, 0.25) is 10.0 Å². The van der Waals surface area contributed by atoms with Crippen molar-refractivity contribution in [2.45, 2.75) is 4.90 Å². The Morgan fingerprint density at radius 3 is 2.70 bits per heavy atom. The molecule has 1 fully saturated rings. The lowest BCUT2D eigenvalue weighted by Crippen LogP contribution is -2.40. The van der Waals surface area contributed by atoms with Crippen LogP contribution < -0.4 is 14.8 Å². The Morgan fingerprint density at radius 2 is 1.94 bits per heavy atom. The maximum Gasteiger partial charge on any atom is 0.262 e. The van der Waals surface area contributed by atoms with Gasteiger partial charge in [-0.15, -0.1) is 0 Å². The van der Waals surface area contributed by atoms with Crippen LogP contribution in [0.15, 0.2) is 53.6 Å². The quantitative estimate of drug-likeness (QED) is 0.541. The van der Waals surface area contributed by atoms with Gasteiger partial charge in [0.05, 0.1) is 35.9 Å². The van der Waals surface area contributed by atoms with Crippen LogP contribution in [0.5, 0.6) is 11.5 Å². The Balaban J connectivity index is 1.51. The Hall–Kier alpha value is -2.92. The zero-order valence-corrected chi connectivity index (χ0v) is 19.4. The van der Waals surface area contributed by atoms with Gasteiger partial charge >= 0.3 is 0 Å². The van der Waals surface area contributed by atoms with E-state index in [4.69, 9.17) is 25.8 Å². The van der Waals surface area contributed by atoms with Gasteiger partial charge in [0.25, 0.3) is 5.91 Å². The van der Waals surface area contributed by atoms with Crippen LogP contribution in [0.4, 0.5) is 5.69 Å². The fourth-order valence-corrected chi connectivity index (χ4v) is 5.09. The molecule has 1 aliphatic rings. The number of amides is 1. The minimum atomic E-state index is -3.73. The number of carbonyl (C=O) groups excluding carboxylic acids is 1. The van der Waals surface area contributed by atoms with Gasteiger partial charge in [-0.3, -0.25) is 9.78 Å². The number of benzene rings is 2. The molecule has 0 saturated carbocycles. The highest BCUT2D eigenvalue weighted by molar-refractivity contribution is 7.89. The molecule has 11 heteroatoms. The molecular formula is C22H22ClN3O6S. The van der Waals surface area contributed by atoms with Crippen LogP contribution in [0, 0.1) is 0 Å². The van der Waals surface area contributed by atoms with E-state index in [0.29, 0.717) is 40.6 Å². The smallest absolute Gasteiger partial charge is 0.262 e. The van der Waals surface area contributed by atoms with Crippen LogP contribution in [0.3, 0.4) is 0 Å². The highest BCUT2D eigenvalue weighted by Gasteiger charge is 2.27. The second-order valence-electron chi connectivity index (χ2n) is 7.16. The predicted octanol–water partition coefficient (Wildman–Crippen LogP) is 2.94. The summed E-state index contributed by atoms with van der Waals surface area (Å²) in [6.07, 6.45) is 1.61. The topological polar surface area (TPSA) is 107 Å². The molecule has 0 unspecified atom stereocenters. The van der Waals surface area contributed by atoms with E-state index in [1.54, 1.807) is 24.4 Å². The Labute approximate surface area is 196 Å². The van der Waals surface area contributed by atoms with Crippen LogP contribution in [0.2, 0.25) is 5.02 Å². The molecule has 1 amide bonds. The van der Waals surface area contributed by atoms with Crippen molar-refractivity contribution in [3.05, 3.63) is 53.7 Å². The Bertz CT molecular complexity index is 1280. The van der Waals surface area contributed by atoms with Gasteiger partial charge in [-0.1, -0.05) is 11.6 Å². The van der Waals surface area contributed by atoms with Crippen molar-refractivity contribution in [3.63, 3.8) is 0 Å². The monoisotopic (exact) mass is 491 g/mol. The number of halogens is 1. The number of aromatic nitrogens is 1. The van der Waals surface area contributed by atoms with Gasteiger partial charge in [0, 0.05) is 24.7 Å². The third-order valence-corrected chi connectivity index (χ3v) is 7.32. The number of anilines is 1. The van der Waals surface area contributed by atoms with Gasteiger partial charge in [-0.25, -0.2) is 8.42 Å². The molecule has 1 aliphatic heterocycles. The largest absolute Gasteiger partial charge is 0.495 e. The number of carbonyl (C=O) groups is 1. The van der Waals surface area contributed by atoms with E-state index in [2.05, 4.69) is 10.3 Å². The Morgan fingerprint density at radius 1 is 1.18 bits per heavy atom. The molecule has 0 aliphatic carbocycles. The standard InChI is InChI=1S/C22H22ClN3O6S/c1-30-19-6-4-15(33(28,29)26-9-11-31-12-10-26)13-18(19)25-21(27)14-32-20-7-5-17(23)16-3-2-8-24-22(16)20/h2-8,13H,9-12,14H2,1H3,(H,25,27). The van der Waals surface area contributed by atoms with E-state index in [9.17, 15) is 13.2 Å². The minimum Gasteiger partial charge on any atom is -0.495 e. The lowest BCUT2D eigenvalue weighted by molar-refractivity contribution is -0.118. The second kappa shape index (κ2) is 9.92. The molecule has 4 rings (SSSR count). The number of hydrogen-bond donors (Lipinski definition) is 1. The maximum atomic E-state index is 13.0. The van der Waals surface area contributed by atoms with Crippen molar-refractivity contribution in [2.75, 3.05) is 45.3 Å². The minimum absolute atomic E-state index is 0.0503. The molecule has 2 aromatic carbocycles. The van der Waals surface area contributed by atoms with Gasteiger partial charge < -0.3 is 19.5 Å². The molecule has 33 heavy (non-hydrogen) atoms. The van der Waals surface area contributed by atoms with E-state index < -0.39 is 15.9 Å². The number of ether oxygens (including phenoxy) is 3. The summed E-state index contributed by atoms with van der Waals surface area (Å²) in [5.74, 6) is 0.233. The molecule has 1 saturated heterocycles. The molecule has 1 N–H and O–H groups in total. The number of hydrogen-bond acceptors (Lipinski definition) is 7. The molecule has 1 aromatic heterocycles. The van der Waals surface area contributed by atoms with E-state index >= 15 is 0 Å². The van der Waals surface area contributed by atoms with Gasteiger partial charge in [-0.2, -0.15) is 4.31 Å². The number of rotatable bonds is 7. The highest BCUT2D eigenvalue weighted by atomic mass is 35.5. The zero-order chi connectivity index (χ0) is 23.4. The van der Waals surface area contributed by atoms with E-state index in [-0.39, 0.29) is 30.3 Å². The third-order valence-electron chi connectivity index (χ3n) is 5.09. The molecule has 0 atom stereocenters. The normalized spacial score (nSPS) is 14.7. The summed E-state index contributed by atoms with van der Waals surface area (Å²) in [5, 5.41) is 3.90. The number of nitrogens with one attached hydrogen (secondary N) is 1. The average molecular weight is 492 g/mol. The van der Waals surface area contributed by atoms with E-state index in [1.807, 2.05) is 6.07 Å². The summed E-state index contributed by atoms with van der Waals surface area (Å²) in [6.45, 7) is 0.895. The number of pyridine rings is 1. The summed E-state index contributed by atoms with van der Waals surface area (Å²) < 4.78 is 43.5. The van der Waals surface area contributed by atoms with Crippen molar-refractivity contribution < 1.29 is 27.4 Å². The van der Waals surface area contributed by atoms with Crippen LogP contribution in [-0.4, -0.2) is 63.6 Å². The predicted molar refractivity (Wildman–Crippen MR) is 123 cm³/mol. The lowest BCUT2D eigenvalue weighted by atomic mass is 10.2. The molecule has 3 aromatic rings. The first-order valence-corrected chi connectivity index (χ1v) is 11.9. The fraction of sp³-hybridized carbons (Fsp3) is 0.273. The zero-order valence-electron chi connectivity index (χ0n) is 17.8. The van der Waals surface area contributed by atoms with Crippen LogP contribution >= 0.6 is 11.6 Å². The number of morpholine rings is 1. The molecule has 9 nitrogen and oxygen atoms in total. The van der Waals surface area contributed by atoms with E-state index in [1.165, 1.54) is 29.6 Å². The van der Waals surface area contributed by atoms with Crippen LogP contribution in [-0.2, 0) is 19.6 Å². The molecular weight excluding hydrogens is 470 g/mol.